The Morgan fingerprint density at radius 3 is 2.57 bits per heavy atom. The number of aryl methyl sites for hydroxylation is 1. The molecule has 0 aliphatic carbocycles. The van der Waals surface area contributed by atoms with Gasteiger partial charge in [-0.1, -0.05) is 35.9 Å². The zero-order chi connectivity index (χ0) is 14.8. The van der Waals surface area contributed by atoms with Gasteiger partial charge in [-0.2, -0.15) is 5.26 Å². The van der Waals surface area contributed by atoms with Crippen molar-refractivity contribution in [3.8, 4) is 6.07 Å². The molecular formula is C17H12ClN3. The van der Waals surface area contributed by atoms with Gasteiger partial charge >= 0.3 is 0 Å². The molecule has 102 valence electrons. The van der Waals surface area contributed by atoms with Gasteiger partial charge in [-0.05, 0) is 35.9 Å². The zero-order valence-electron chi connectivity index (χ0n) is 11.4. The normalized spacial score (nSPS) is 11.6. The predicted octanol–water partition coefficient (Wildman–Crippen LogP) is 4.29. The Kier molecular flexibility index (Phi) is 3.47. The first-order chi connectivity index (χ1) is 10.2. The Morgan fingerprint density at radius 2 is 1.90 bits per heavy atom. The van der Waals surface area contributed by atoms with E-state index in [1.807, 2.05) is 54.1 Å². The lowest BCUT2D eigenvalue weighted by Gasteiger charge is -2.01. The number of nitrogens with zero attached hydrogens (tertiary/aromatic N) is 3. The topological polar surface area (TPSA) is 41.6 Å². The maximum Gasteiger partial charge on any atom is 0.151 e. The van der Waals surface area contributed by atoms with Crippen molar-refractivity contribution in [1.82, 2.24) is 9.55 Å². The lowest BCUT2D eigenvalue weighted by atomic mass is 10.1. The SMILES string of the molecule is Cn1c(/C(C#N)=C\c2ccc(Cl)cc2)nc2ccccc21. The molecule has 3 nitrogen and oxygen atoms in total. The third-order valence-electron chi connectivity index (χ3n) is 3.33. The number of fused-ring (bicyclic) bond motifs is 1. The van der Waals surface area contributed by atoms with Crippen LogP contribution in [-0.2, 0) is 7.05 Å². The molecule has 0 saturated heterocycles. The molecule has 0 radical (unpaired) electrons. The Labute approximate surface area is 127 Å². The minimum atomic E-state index is 0.524. The van der Waals surface area contributed by atoms with Crippen LogP contribution < -0.4 is 0 Å². The number of hydrogen-bond acceptors (Lipinski definition) is 2. The highest BCUT2D eigenvalue weighted by Gasteiger charge is 2.11. The van der Waals surface area contributed by atoms with Crippen molar-refractivity contribution in [1.29, 1.82) is 5.26 Å². The van der Waals surface area contributed by atoms with E-state index in [1.165, 1.54) is 0 Å². The summed E-state index contributed by atoms with van der Waals surface area (Å²) in [7, 11) is 1.91. The molecule has 0 atom stereocenters. The quantitative estimate of drug-likeness (QED) is 0.661. The third kappa shape index (κ3) is 2.54. The summed E-state index contributed by atoms with van der Waals surface area (Å²) in [6.07, 6.45) is 1.82. The van der Waals surface area contributed by atoms with Gasteiger partial charge in [-0.25, -0.2) is 4.98 Å². The van der Waals surface area contributed by atoms with Crippen LogP contribution in [-0.4, -0.2) is 9.55 Å². The fourth-order valence-electron chi connectivity index (χ4n) is 2.26. The van der Waals surface area contributed by atoms with Crippen LogP contribution in [0.1, 0.15) is 11.4 Å². The van der Waals surface area contributed by atoms with Crippen LogP contribution in [0, 0.1) is 11.3 Å². The molecule has 4 heteroatoms. The summed E-state index contributed by atoms with van der Waals surface area (Å²) in [6, 6.07) is 17.4. The summed E-state index contributed by atoms with van der Waals surface area (Å²) in [5, 5.41) is 10.1. The maximum absolute atomic E-state index is 9.45. The second kappa shape index (κ2) is 5.43. The molecule has 3 rings (SSSR count). The standard InChI is InChI=1S/C17H12ClN3/c1-21-16-5-3-2-4-15(16)20-17(21)13(11-19)10-12-6-8-14(18)9-7-12/h2-10H,1H3/b13-10-. The van der Waals surface area contributed by atoms with Crippen LogP contribution in [0.4, 0.5) is 0 Å². The zero-order valence-corrected chi connectivity index (χ0v) is 12.2. The average Bonchev–Trinajstić information content (AvgIpc) is 2.84. The molecule has 0 N–H and O–H groups in total. The Hall–Kier alpha value is -2.57. The van der Waals surface area contributed by atoms with E-state index in [9.17, 15) is 5.26 Å². The van der Waals surface area contributed by atoms with Gasteiger partial charge in [0, 0.05) is 12.1 Å². The van der Waals surface area contributed by atoms with Crippen LogP contribution in [0.5, 0.6) is 0 Å². The van der Waals surface area contributed by atoms with Crippen LogP contribution >= 0.6 is 11.6 Å². The van der Waals surface area contributed by atoms with E-state index < -0.39 is 0 Å². The monoisotopic (exact) mass is 293 g/mol. The minimum Gasteiger partial charge on any atom is -0.327 e. The van der Waals surface area contributed by atoms with Crippen LogP contribution in [0.25, 0.3) is 22.7 Å². The van der Waals surface area contributed by atoms with Gasteiger partial charge < -0.3 is 4.57 Å². The molecule has 0 unspecified atom stereocenters. The summed E-state index contributed by atoms with van der Waals surface area (Å²) in [4.78, 5) is 4.54. The molecule has 0 bridgehead atoms. The summed E-state index contributed by atoms with van der Waals surface area (Å²) in [5.41, 5.74) is 3.33. The highest BCUT2D eigenvalue weighted by atomic mass is 35.5. The number of halogens is 1. The molecule has 0 saturated carbocycles. The van der Waals surface area contributed by atoms with E-state index in [2.05, 4.69) is 11.1 Å². The number of aromatic nitrogens is 2. The number of nitriles is 1. The molecule has 1 heterocycles. The van der Waals surface area contributed by atoms with E-state index in [0.29, 0.717) is 16.4 Å². The minimum absolute atomic E-state index is 0.524. The Bertz CT molecular complexity index is 867. The highest BCUT2D eigenvalue weighted by Crippen LogP contribution is 2.22. The summed E-state index contributed by atoms with van der Waals surface area (Å²) >= 11 is 5.88. The smallest absolute Gasteiger partial charge is 0.151 e. The van der Waals surface area contributed by atoms with E-state index >= 15 is 0 Å². The number of rotatable bonds is 2. The fraction of sp³-hybridized carbons (Fsp3) is 0.0588. The molecule has 0 spiro atoms. The Morgan fingerprint density at radius 1 is 1.19 bits per heavy atom. The summed E-state index contributed by atoms with van der Waals surface area (Å²) in [6.45, 7) is 0. The van der Waals surface area contributed by atoms with Crippen LogP contribution in [0.15, 0.2) is 48.5 Å². The maximum atomic E-state index is 9.45. The number of hydrogen-bond donors (Lipinski definition) is 0. The van der Waals surface area contributed by atoms with E-state index in [1.54, 1.807) is 12.1 Å². The number of para-hydroxylation sites is 2. The van der Waals surface area contributed by atoms with Gasteiger partial charge in [0.15, 0.2) is 5.82 Å². The van der Waals surface area contributed by atoms with Crippen molar-refractivity contribution >= 4 is 34.3 Å². The molecule has 0 amide bonds. The van der Waals surface area contributed by atoms with Crippen molar-refractivity contribution in [2.75, 3.05) is 0 Å². The van der Waals surface area contributed by atoms with Crippen molar-refractivity contribution in [2.45, 2.75) is 0 Å². The van der Waals surface area contributed by atoms with Crippen molar-refractivity contribution in [2.24, 2.45) is 7.05 Å². The average molecular weight is 294 g/mol. The lowest BCUT2D eigenvalue weighted by molar-refractivity contribution is 0.925. The van der Waals surface area contributed by atoms with E-state index in [-0.39, 0.29) is 0 Å². The Balaban J connectivity index is 2.12. The first-order valence-corrected chi connectivity index (χ1v) is 6.86. The van der Waals surface area contributed by atoms with Gasteiger partial charge in [0.1, 0.15) is 6.07 Å². The lowest BCUT2D eigenvalue weighted by Crippen LogP contribution is -1.95. The summed E-state index contributed by atoms with van der Waals surface area (Å²) < 4.78 is 1.93. The molecular weight excluding hydrogens is 282 g/mol. The highest BCUT2D eigenvalue weighted by molar-refractivity contribution is 6.30. The van der Waals surface area contributed by atoms with Gasteiger partial charge in [0.2, 0.25) is 0 Å². The van der Waals surface area contributed by atoms with E-state index in [4.69, 9.17) is 11.6 Å². The molecule has 0 aliphatic rings. The second-order valence-corrected chi connectivity index (χ2v) is 5.14. The molecule has 2 aromatic carbocycles. The second-order valence-electron chi connectivity index (χ2n) is 4.70. The largest absolute Gasteiger partial charge is 0.327 e. The van der Waals surface area contributed by atoms with Crippen LogP contribution in [0.2, 0.25) is 5.02 Å². The number of allylic oxidation sites excluding steroid dienone is 1. The van der Waals surface area contributed by atoms with Crippen molar-refractivity contribution in [3.05, 3.63) is 64.9 Å². The first kappa shape index (κ1) is 13.4. The van der Waals surface area contributed by atoms with E-state index in [0.717, 1.165) is 16.6 Å². The molecule has 3 aromatic rings. The number of imidazole rings is 1. The molecule has 1 aromatic heterocycles. The number of benzene rings is 2. The predicted molar refractivity (Wildman–Crippen MR) is 85.7 cm³/mol. The van der Waals surface area contributed by atoms with Gasteiger partial charge in [0.25, 0.3) is 0 Å². The van der Waals surface area contributed by atoms with Gasteiger partial charge in [-0.3, -0.25) is 0 Å². The van der Waals surface area contributed by atoms with Gasteiger partial charge in [-0.15, -0.1) is 0 Å². The fourth-order valence-corrected chi connectivity index (χ4v) is 2.38. The van der Waals surface area contributed by atoms with Crippen molar-refractivity contribution < 1.29 is 0 Å². The molecule has 0 fully saturated rings. The van der Waals surface area contributed by atoms with Crippen LogP contribution in [0.3, 0.4) is 0 Å². The summed E-state index contributed by atoms with van der Waals surface area (Å²) in [5.74, 6) is 0.661. The van der Waals surface area contributed by atoms with Crippen molar-refractivity contribution in [3.63, 3.8) is 0 Å². The third-order valence-corrected chi connectivity index (χ3v) is 3.58. The van der Waals surface area contributed by atoms with Gasteiger partial charge in [0.05, 0.1) is 16.6 Å². The molecule has 21 heavy (non-hydrogen) atoms. The molecule has 0 aliphatic heterocycles. The first-order valence-electron chi connectivity index (χ1n) is 6.48.